The summed E-state index contributed by atoms with van der Waals surface area (Å²) in [4.78, 5) is 38.4. The third-order valence-electron chi connectivity index (χ3n) is 5.82. The van der Waals surface area contributed by atoms with Crippen LogP contribution in [-0.4, -0.2) is 54.8 Å². The third kappa shape index (κ3) is 6.71. The fraction of sp³-hybridized carbons (Fsp3) is 0.435. The predicted molar refractivity (Wildman–Crippen MR) is 131 cm³/mol. The first-order chi connectivity index (χ1) is 15.9. The van der Waals surface area contributed by atoms with E-state index in [9.17, 15) is 18.8 Å². The summed E-state index contributed by atoms with van der Waals surface area (Å²) in [6.07, 6.45) is 3.88. The Morgan fingerprint density at radius 3 is 2.65 bits per heavy atom. The SMILES string of the molecule is Cl.O=C(O)CCC(=O)SC1CCN(C(C(=O)C2CC2)c2ccccc2F)C/C1=C\c1csnn1. The van der Waals surface area contributed by atoms with Crippen LogP contribution in [-0.2, 0) is 14.4 Å². The van der Waals surface area contributed by atoms with Gasteiger partial charge in [-0.25, -0.2) is 4.39 Å². The Balaban J connectivity index is 0.00000324. The first-order valence-electron chi connectivity index (χ1n) is 10.8. The van der Waals surface area contributed by atoms with Gasteiger partial charge in [0.25, 0.3) is 0 Å². The molecule has 0 bridgehead atoms. The van der Waals surface area contributed by atoms with Gasteiger partial charge in [0.15, 0.2) is 10.9 Å². The number of ketones is 1. The van der Waals surface area contributed by atoms with Crippen molar-refractivity contribution in [1.29, 1.82) is 0 Å². The second-order valence-corrected chi connectivity index (χ2v) is 10.2. The topological polar surface area (TPSA) is 100 Å². The maximum Gasteiger partial charge on any atom is 0.303 e. The lowest BCUT2D eigenvalue weighted by Gasteiger charge is -2.38. The highest BCUT2D eigenvalue weighted by atomic mass is 35.5. The Morgan fingerprint density at radius 2 is 2.00 bits per heavy atom. The van der Waals surface area contributed by atoms with Crippen molar-refractivity contribution < 1.29 is 23.9 Å². The number of likely N-dealkylation sites (tertiary alicyclic amines) is 1. The lowest BCUT2D eigenvalue weighted by Crippen LogP contribution is -2.43. The minimum atomic E-state index is -1.01. The van der Waals surface area contributed by atoms with Crippen LogP contribution in [0.4, 0.5) is 4.39 Å². The molecular weight excluding hydrogens is 501 g/mol. The van der Waals surface area contributed by atoms with Gasteiger partial charge in [-0.15, -0.1) is 17.5 Å². The lowest BCUT2D eigenvalue weighted by atomic mass is 9.93. The Labute approximate surface area is 211 Å². The number of hydrogen-bond donors (Lipinski definition) is 1. The molecule has 1 aromatic carbocycles. The molecule has 2 aliphatic rings. The van der Waals surface area contributed by atoms with E-state index in [2.05, 4.69) is 9.59 Å². The average Bonchev–Trinajstić information content (AvgIpc) is 3.52. The summed E-state index contributed by atoms with van der Waals surface area (Å²) in [6.45, 7) is 0.910. The number of carbonyl (C=O) groups is 3. The number of aliphatic carboxylic acids is 1. The van der Waals surface area contributed by atoms with E-state index in [1.54, 1.807) is 23.6 Å². The fourth-order valence-corrected chi connectivity index (χ4v) is 5.51. The average molecular weight is 526 g/mol. The van der Waals surface area contributed by atoms with Crippen molar-refractivity contribution >= 4 is 58.6 Å². The van der Waals surface area contributed by atoms with Crippen LogP contribution in [0, 0.1) is 11.7 Å². The van der Waals surface area contributed by atoms with Crippen molar-refractivity contribution in [2.75, 3.05) is 13.1 Å². The predicted octanol–water partition coefficient (Wildman–Crippen LogP) is 4.40. The van der Waals surface area contributed by atoms with Crippen molar-refractivity contribution in [3.63, 3.8) is 0 Å². The number of hydrogen-bond acceptors (Lipinski definition) is 8. The molecule has 1 aliphatic heterocycles. The molecule has 2 aromatic rings. The lowest BCUT2D eigenvalue weighted by molar-refractivity contribution is -0.138. The molecule has 34 heavy (non-hydrogen) atoms. The number of benzene rings is 1. The number of carbonyl (C=O) groups excluding carboxylic acids is 2. The fourth-order valence-electron chi connectivity index (χ4n) is 4.05. The number of halogens is 2. The number of aromatic nitrogens is 2. The van der Waals surface area contributed by atoms with Crippen molar-refractivity contribution in [3.8, 4) is 0 Å². The highest BCUT2D eigenvalue weighted by Gasteiger charge is 2.41. The maximum absolute atomic E-state index is 14.7. The van der Waals surface area contributed by atoms with Crippen LogP contribution in [0.15, 0.2) is 35.2 Å². The zero-order chi connectivity index (χ0) is 23.4. The molecule has 1 N–H and O–H groups in total. The monoisotopic (exact) mass is 525 g/mol. The van der Waals surface area contributed by atoms with E-state index in [4.69, 9.17) is 5.11 Å². The van der Waals surface area contributed by atoms with E-state index < -0.39 is 17.8 Å². The van der Waals surface area contributed by atoms with Gasteiger partial charge in [-0.2, -0.15) is 0 Å². The first kappa shape index (κ1) is 26.5. The number of carboxylic acids is 1. The molecule has 2 unspecified atom stereocenters. The number of carboxylic acid groups (broad SMARTS) is 1. The molecule has 0 amide bonds. The van der Waals surface area contributed by atoms with E-state index >= 15 is 0 Å². The molecule has 0 radical (unpaired) electrons. The molecule has 1 saturated carbocycles. The molecule has 0 spiro atoms. The van der Waals surface area contributed by atoms with Crippen LogP contribution < -0.4 is 0 Å². The molecule has 1 aromatic heterocycles. The van der Waals surface area contributed by atoms with Gasteiger partial charge in [-0.1, -0.05) is 34.4 Å². The molecule has 2 fully saturated rings. The normalized spacial score (nSPS) is 20.5. The Kier molecular flexibility index (Phi) is 9.35. The third-order valence-corrected chi connectivity index (χ3v) is 7.63. The van der Waals surface area contributed by atoms with Gasteiger partial charge < -0.3 is 5.11 Å². The summed E-state index contributed by atoms with van der Waals surface area (Å²) >= 11 is 2.35. The molecule has 7 nitrogen and oxygen atoms in total. The number of Topliss-reactive ketones (excluding diaryl/α,β-unsaturated/α-hetero) is 1. The van der Waals surface area contributed by atoms with Gasteiger partial charge in [0, 0.05) is 41.6 Å². The number of thioether (sulfide) groups is 1. The smallest absolute Gasteiger partial charge is 0.303 e. The van der Waals surface area contributed by atoms with E-state index in [1.165, 1.54) is 17.6 Å². The summed E-state index contributed by atoms with van der Waals surface area (Å²) in [5, 5.41) is 14.4. The summed E-state index contributed by atoms with van der Waals surface area (Å²) in [6, 6.07) is 5.73. The van der Waals surface area contributed by atoms with E-state index in [-0.39, 0.29) is 47.3 Å². The number of piperidine rings is 1. The van der Waals surface area contributed by atoms with Crippen molar-refractivity contribution in [3.05, 3.63) is 52.3 Å². The second-order valence-electron chi connectivity index (χ2n) is 8.28. The van der Waals surface area contributed by atoms with Gasteiger partial charge >= 0.3 is 5.97 Å². The molecule has 1 aliphatic carbocycles. The molecular formula is C23H25ClFN3O4S2. The van der Waals surface area contributed by atoms with Crippen molar-refractivity contribution in [1.82, 2.24) is 14.5 Å². The number of nitrogens with zero attached hydrogens (tertiary/aromatic N) is 3. The molecule has 2 atom stereocenters. The molecule has 2 heterocycles. The zero-order valence-corrected chi connectivity index (χ0v) is 20.7. The van der Waals surface area contributed by atoms with Crippen LogP contribution in [0.3, 0.4) is 0 Å². The molecule has 4 rings (SSSR count). The quantitative estimate of drug-likeness (QED) is 0.514. The molecule has 182 valence electrons. The van der Waals surface area contributed by atoms with E-state index in [0.717, 1.165) is 30.2 Å². The summed E-state index contributed by atoms with van der Waals surface area (Å²) in [5.41, 5.74) is 1.94. The zero-order valence-electron chi connectivity index (χ0n) is 18.3. The summed E-state index contributed by atoms with van der Waals surface area (Å²) in [7, 11) is 0. The summed E-state index contributed by atoms with van der Waals surface area (Å²) in [5.74, 6) is -1.40. The van der Waals surface area contributed by atoms with Crippen LogP contribution in [0.2, 0.25) is 0 Å². The van der Waals surface area contributed by atoms with Gasteiger partial charge in [0.05, 0.1) is 18.2 Å². The number of rotatable bonds is 9. The van der Waals surface area contributed by atoms with Crippen LogP contribution >= 0.6 is 35.7 Å². The van der Waals surface area contributed by atoms with E-state index in [1.807, 2.05) is 11.0 Å². The van der Waals surface area contributed by atoms with Crippen LogP contribution in [0.5, 0.6) is 0 Å². The molecule has 11 heteroatoms. The summed E-state index contributed by atoms with van der Waals surface area (Å²) < 4.78 is 18.6. The van der Waals surface area contributed by atoms with Gasteiger partial charge in [0.2, 0.25) is 0 Å². The van der Waals surface area contributed by atoms with Crippen molar-refractivity contribution in [2.24, 2.45) is 5.92 Å². The Morgan fingerprint density at radius 1 is 1.24 bits per heavy atom. The Hall–Kier alpha value is -2.14. The van der Waals surface area contributed by atoms with E-state index in [0.29, 0.717) is 30.8 Å². The van der Waals surface area contributed by atoms with Crippen molar-refractivity contribution in [2.45, 2.75) is 43.4 Å². The first-order valence-corrected chi connectivity index (χ1v) is 12.5. The van der Waals surface area contributed by atoms with Gasteiger partial charge in [-0.3, -0.25) is 19.3 Å². The minimum Gasteiger partial charge on any atom is -0.481 e. The van der Waals surface area contributed by atoms with Gasteiger partial charge in [0.1, 0.15) is 5.82 Å². The largest absolute Gasteiger partial charge is 0.481 e. The Bertz CT molecular complexity index is 1060. The van der Waals surface area contributed by atoms with Gasteiger partial charge in [-0.05, 0) is 48.5 Å². The highest BCUT2D eigenvalue weighted by molar-refractivity contribution is 8.14. The standard InChI is InChI=1S/C23H24FN3O4S2.ClH/c24-18-4-2-1-3-17(18)22(23(31)14-5-6-14)27-10-9-19(33-21(30)8-7-20(28)29)15(12-27)11-16-13-32-26-25-16;/h1-4,11,13-14,19,22H,5-10,12H2,(H,28,29);1H/b15-11+;. The minimum absolute atomic E-state index is 0. The maximum atomic E-state index is 14.7. The molecule has 1 saturated heterocycles. The van der Waals surface area contributed by atoms with Crippen LogP contribution in [0.25, 0.3) is 6.08 Å². The highest BCUT2D eigenvalue weighted by Crippen LogP contribution is 2.40. The van der Waals surface area contributed by atoms with Crippen LogP contribution in [0.1, 0.15) is 49.4 Å². The second kappa shape index (κ2) is 12.0.